The van der Waals surface area contributed by atoms with E-state index in [4.69, 9.17) is 4.99 Å². The number of halogens is 2. The maximum Gasteiger partial charge on any atom is 0.271 e. The largest absolute Gasteiger partial charge is 0.272 e. The number of aromatic nitrogens is 1. The smallest absolute Gasteiger partial charge is 0.271 e. The summed E-state index contributed by atoms with van der Waals surface area (Å²) in [4.78, 5) is 19.6. The van der Waals surface area contributed by atoms with Crippen LogP contribution in [-0.2, 0) is 6.42 Å². The molecule has 0 radical (unpaired) electrons. The third-order valence-corrected chi connectivity index (χ3v) is 8.92. The second-order valence-electron chi connectivity index (χ2n) is 8.67. The molecular formula is C28H20Br2N2OS. The molecule has 0 N–H and O–H groups in total. The van der Waals surface area contributed by atoms with Crippen LogP contribution in [0.2, 0.25) is 0 Å². The van der Waals surface area contributed by atoms with Gasteiger partial charge in [0.1, 0.15) is 0 Å². The second-order valence-corrected chi connectivity index (χ2v) is 11.5. The summed E-state index contributed by atoms with van der Waals surface area (Å²) in [6.45, 7) is 2.06. The molecule has 168 valence electrons. The molecule has 4 aromatic rings. The van der Waals surface area contributed by atoms with Crippen LogP contribution in [0.15, 0.2) is 91.0 Å². The van der Waals surface area contributed by atoms with Crippen LogP contribution >= 0.6 is 43.2 Å². The fourth-order valence-corrected chi connectivity index (χ4v) is 6.48. The van der Waals surface area contributed by atoms with Crippen molar-refractivity contribution >= 4 is 55.0 Å². The van der Waals surface area contributed by atoms with Crippen molar-refractivity contribution in [3.63, 3.8) is 0 Å². The molecule has 6 rings (SSSR count). The zero-order chi connectivity index (χ0) is 23.4. The van der Waals surface area contributed by atoms with Gasteiger partial charge in [0.15, 0.2) is 4.80 Å². The van der Waals surface area contributed by atoms with Crippen molar-refractivity contribution < 1.29 is 0 Å². The van der Waals surface area contributed by atoms with Gasteiger partial charge in [0.05, 0.1) is 16.3 Å². The summed E-state index contributed by atoms with van der Waals surface area (Å²) in [5.41, 5.74) is 8.04. The van der Waals surface area contributed by atoms with Crippen LogP contribution in [0.3, 0.4) is 0 Å². The molecule has 0 saturated heterocycles. The van der Waals surface area contributed by atoms with E-state index in [0.29, 0.717) is 4.53 Å². The van der Waals surface area contributed by atoms with E-state index in [1.54, 1.807) is 0 Å². The molecule has 34 heavy (non-hydrogen) atoms. The van der Waals surface area contributed by atoms with E-state index in [1.165, 1.54) is 33.6 Å². The fourth-order valence-electron chi connectivity index (χ4n) is 4.82. The lowest BCUT2D eigenvalue weighted by atomic mass is 9.83. The number of nitrogens with zero attached hydrogens (tertiary/aromatic N) is 2. The molecule has 2 aliphatic rings. The Bertz CT molecular complexity index is 1660. The van der Waals surface area contributed by atoms with Crippen molar-refractivity contribution in [2.75, 3.05) is 0 Å². The number of hydrogen-bond donors (Lipinski definition) is 0. The van der Waals surface area contributed by atoms with Crippen molar-refractivity contribution in [3.05, 3.63) is 129 Å². The quantitative estimate of drug-likeness (QED) is 0.275. The van der Waals surface area contributed by atoms with E-state index in [-0.39, 0.29) is 11.6 Å². The van der Waals surface area contributed by atoms with Gasteiger partial charge in [-0.2, -0.15) is 0 Å². The average Bonchev–Trinajstić information content (AvgIpc) is 3.15. The normalized spacial score (nSPS) is 17.1. The van der Waals surface area contributed by atoms with Crippen molar-refractivity contribution in [1.82, 2.24) is 4.57 Å². The van der Waals surface area contributed by atoms with Crippen molar-refractivity contribution in [3.8, 4) is 0 Å². The Balaban J connectivity index is 1.62. The van der Waals surface area contributed by atoms with Gasteiger partial charge >= 0.3 is 0 Å². The van der Waals surface area contributed by atoms with Gasteiger partial charge in [-0.3, -0.25) is 9.36 Å². The zero-order valence-corrected chi connectivity index (χ0v) is 22.4. The molecule has 0 bridgehead atoms. The second kappa shape index (κ2) is 8.59. The Morgan fingerprint density at radius 3 is 2.62 bits per heavy atom. The maximum atomic E-state index is 13.8. The SMILES string of the molecule is Cc1ccc(/C=c2\sc3n(c2=O)[C@H](c2ccc(Br)cc2)C2=C(N=3)c3ccccc3CC2)cc1Br. The molecule has 0 unspecified atom stereocenters. The molecule has 0 saturated carbocycles. The molecule has 3 aromatic carbocycles. The molecule has 0 spiro atoms. The first-order valence-corrected chi connectivity index (χ1v) is 13.5. The fraction of sp³-hybridized carbons (Fsp3) is 0.143. The number of aryl methyl sites for hydroxylation is 2. The minimum Gasteiger partial charge on any atom is -0.272 e. The van der Waals surface area contributed by atoms with E-state index in [0.717, 1.165) is 43.4 Å². The number of fused-ring (bicyclic) bond motifs is 3. The lowest BCUT2D eigenvalue weighted by Gasteiger charge is -2.30. The number of hydrogen-bond acceptors (Lipinski definition) is 3. The van der Waals surface area contributed by atoms with Crippen LogP contribution in [0, 0.1) is 6.92 Å². The van der Waals surface area contributed by atoms with E-state index in [9.17, 15) is 4.79 Å². The summed E-state index contributed by atoms with van der Waals surface area (Å²) >= 11 is 8.63. The first-order valence-electron chi connectivity index (χ1n) is 11.1. The third kappa shape index (κ3) is 3.69. The van der Waals surface area contributed by atoms with Gasteiger partial charge in [-0.1, -0.05) is 91.7 Å². The molecule has 6 heteroatoms. The Kier molecular flexibility index (Phi) is 5.55. The van der Waals surface area contributed by atoms with Gasteiger partial charge in [0.25, 0.3) is 5.56 Å². The molecule has 1 aliphatic heterocycles. The van der Waals surface area contributed by atoms with Gasteiger partial charge in [-0.05, 0) is 71.9 Å². The Labute approximate surface area is 218 Å². The molecule has 0 amide bonds. The lowest BCUT2D eigenvalue weighted by molar-refractivity contribution is 0.585. The van der Waals surface area contributed by atoms with E-state index >= 15 is 0 Å². The Hall–Kier alpha value is -2.54. The molecule has 3 nitrogen and oxygen atoms in total. The highest BCUT2D eigenvalue weighted by atomic mass is 79.9. The zero-order valence-electron chi connectivity index (χ0n) is 18.4. The summed E-state index contributed by atoms with van der Waals surface area (Å²) in [7, 11) is 0. The number of rotatable bonds is 2. The van der Waals surface area contributed by atoms with Gasteiger partial charge in [0.2, 0.25) is 0 Å². The highest BCUT2D eigenvalue weighted by Crippen LogP contribution is 2.41. The first kappa shape index (κ1) is 22.0. The molecule has 0 fully saturated rings. The van der Waals surface area contributed by atoms with Crippen molar-refractivity contribution in [2.45, 2.75) is 25.8 Å². The Morgan fingerprint density at radius 2 is 1.82 bits per heavy atom. The summed E-state index contributed by atoms with van der Waals surface area (Å²) < 4.78 is 4.66. The number of allylic oxidation sites excluding steroid dienone is 1. The molecule has 1 atom stereocenters. The molecule has 1 aromatic heterocycles. The van der Waals surface area contributed by atoms with Gasteiger partial charge < -0.3 is 0 Å². The highest BCUT2D eigenvalue weighted by Gasteiger charge is 2.32. The predicted molar refractivity (Wildman–Crippen MR) is 146 cm³/mol. The van der Waals surface area contributed by atoms with E-state index in [2.05, 4.69) is 87.3 Å². The maximum absolute atomic E-state index is 13.8. The van der Waals surface area contributed by atoms with Crippen LogP contribution in [0.25, 0.3) is 11.8 Å². The number of benzene rings is 3. The van der Waals surface area contributed by atoms with E-state index < -0.39 is 0 Å². The Morgan fingerprint density at radius 1 is 1.03 bits per heavy atom. The van der Waals surface area contributed by atoms with Crippen LogP contribution in [-0.4, -0.2) is 4.57 Å². The van der Waals surface area contributed by atoms with Gasteiger partial charge in [0, 0.05) is 14.5 Å². The average molecular weight is 592 g/mol. The minimum atomic E-state index is -0.153. The van der Waals surface area contributed by atoms with Crippen LogP contribution < -0.4 is 14.9 Å². The van der Waals surface area contributed by atoms with Crippen LogP contribution in [0.4, 0.5) is 0 Å². The van der Waals surface area contributed by atoms with Crippen LogP contribution in [0.5, 0.6) is 0 Å². The molecule has 1 aliphatic carbocycles. The number of thiazole rings is 1. The summed E-state index contributed by atoms with van der Waals surface area (Å²) in [5, 5.41) is 0. The monoisotopic (exact) mass is 590 g/mol. The lowest BCUT2D eigenvalue weighted by Crippen LogP contribution is -2.38. The highest BCUT2D eigenvalue weighted by molar-refractivity contribution is 9.10. The summed E-state index contributed by atoms with van der Waals surface area (Å²) in [6.07, 6.45) is 3.83. The predicted octanol–water partition coefficient (Wildman–Crippen LogP) is 6.15. The molecule has 2 heterocycles. The van der Waals surface area contributed by atoms with Crippen molar-refractivity contribution in [1.29, 1.82) is 0 Å². The van der Waals surface area contributed by atoms with Gasteiger partial charge in [-0.15, -0.1) is 0 Å². The van der Waals surface area contributed by atoms with Crippen LogP contribution in [0.1, 0.15) is 40.3 Å². The third-order valence-electron chi connectivity index (χ3n) is 6.55. The van der Waals surface area contributed by atoms with Gasteiger partial charge in [-0.25, -0.2) is 4.99 Å². The standard InChI is InChI=1S/C28H20Br2N2OS/c1-16-6-7-17(14-23(16)30)15-24-27(33)32-26(19-8-11-20(29)12-9-19)22-13-10-18-4-2-3-5-21(18)25(22)31-28(32)34-24/h2-9,11-12,14-15,26H,10,13H2,1H3/b24-15-/t26-/m1/s1. The van der Waals surface area contributed by atoms with E-state index in [1.807, 2.05) is 28.8 Å². The topological polar surface area (TPSA) is 34.4 Å². The minimum absolute atomic E-state index is 0.0128. The van der Waals surface area contributed by atoms with Crippen molar-refractivity contribution in [2.24, 2.45) is 4.99 Å². The summed E-state index contributed by atoms with van der Waals surface area (Å²) in [6, 6.07) is 22.8. The summed E-state index contributed by atoms with van der Waals surface area (Å²) in [5.74, 6) is 0. The molecular weight excluding hydrogens is 572 g/mol. The first-order chi connectivity index (χ1) is 16.5.